The Hall–Kier alpha value is -2.16. The average molecular weight is 363 g/mol. The molecule has 142 valence electrons. The van der Waals surface area contributed by atoms with Gasteiger partial charge in [0.2, 0.25) is 0 Å². The van der Waals surface area contributed by atoms with E-state index in [1.165, 1.54) is 33.6 Å². The number of benzene rings is 1. The van der Waals surface area contributed by atoms with Gasteiger partial charge in [0.15, 0.2) is 5.58 Å². The van der Waals surface area contributed by atoms with Gasteiger partial charge in [0.25, 0.3) is 0 Å². The Morgan fingerprint density at radius 3 is 2.44 bits per heavy atom. The number of fused-ring (bicyclic) bond motifs is 7. The maximum absolute atomic E-state index is 5.99. The van der Waals surface area contributed by atoms with Crippen LogP contribution in [-0.4, -0.2) is 4.57 Å². The Morgan fingerprint density at radius 1 is 1.04 bits per heavy atom. The van der Waals surface area contributed by atoms with E-state index in [4.69, 9.17) is 4.42 Å². The summed E-state index contributed by atoms with van der Waals surface area (Å²) in [6.07, 6.45) is 1.82. The molecular weight excluding hydrogens is 332 g/mol. The smallest absolute Gasteiger partial charge is 0.157 e. The zero-order valence-electron chi connectivity index (χ0n) is 17.8. The third kappa shape index (κ3) is 1.54. The predicted octanol–water partition coefficient (Wildman–Crippen LogP) is 6.19. The summed E-state index contributed by atoms with van der Waals surface area (Å²) in [6.45, 7) is 16.8. The van der Waals surface area contributed by atoms with E-state index < -0.39 is 0 Å². The van der Waals surface area contributed by atoms with Crippen LogP contribution in [0.15, 0.2) is 34.9 Å². The molecule has 27 heavy (non-hydrogen) atoms. The Bertz CT molecular complexity index is 1100. The van der Waals surface area contributed by atoms with E-state index in [1.54, 1.807) is 0 Å². The first kappa shape index (κ1) is 17.0. The van der Waals surface area contributed by atoms with Crippen LogP contribution in [0, 0.1) is 12.3 Å². The quantitative estimate of drug-likeness (QED) is 0.475. The SMILES string of the molecule is Cc1cccc2c1N1C(C)c3c(n(C)c4ccoc34)C1(C)C(C)(C)C2(C)C. The number of furan rings is 1. The molecule has 4 heterocycles. The van der Waals surface area contributed by atoms with Gasteiger partial charge in [-0.2, -0.15) is 0 Å². The van der Waals surface area contributed by atoms with Gasteiger partial charge >= 0.3 is 0 Å². The number of aromatic nitrogens is 1. The van der Waals surface area contributed by atoms with Crippen molar-refractivity contribution in [1.82, 2.24) is 4.57 Å². The van der Waals surface area contributed by atoms with Gasteiger partial charge in [0, 0.05) is 29.8 Å². The van der Waals surface area contributed by atoms with Gasteiger partial charge in [-0.05, 0) is 37.3 Å². The van der Waals surface area contributed by atoms with Gasteiger partial charge in [0.05, 0.1) is 29.1 Å². The lowest BCUT2D eigenvalue weighted by atomic mass is 9.52. The zero-order chi connectivity index (χ0) is 19.5. The highest BCUT2D eigenvalue weighted by Crippen LogP contribution is 2.68. The molecule has 2 unspecified atom stereocenters. The first-order valence-corrected chi connectivity index (χ1v) is 10.0. The Morgan fingerprint density at radius 2 is 1.74 bits per heavy atom. The van der Waals surface area contributed by atoms with Crippen LogP contribution in [0.4, 0.5) is 5.69 Å². The van der Waals surface area contributed by atoms with Crippen molar-refractivity contribution < 1.29 is 4.42 Å². The number of nitrogens with zero attached hydrogens (tertiary/aromatic N) is 2. The number of hydrogen-bond acceptors (Lipinski definition) is 2. The molecular formula is C24H30N2O. The molecule has 0 saturated carbocycles. The second kappa shape index (κ2) is 4.63. The fourth-order valence-electron chi connectivity index (χ4n) is 6.23. The Labute approximate surface area is 162 Å². The average Bonchev–Trinajstić information content (AvgIpc) is 3.22. The molecule has 3 heteroatoms. The van der Waals surface area contributed by atoms with Crippen molar-refractivity contribution in [3.8, 4) is 0 Å². The maximum atomic E-state index is 5.99. The second-order valence-electron chi connectivity index (χ2n) is 9.80. The first-order valence-electron chi connectivity index (χ1n) is 10.0. The van der Waals surface area contributed by atoms with E-state index in [2.05, 4.69) is 89.2 Å². The molecule has 0 bridgehead atoms. The van der Waals surface area contributed by atoms with Crippen LogP contribution in [0.3, 0.4) is 0 Å². The van der Waals surface area contributed by atoms with Gasteiger partial charge in [-0.25, -0.2) is 0 Å². The van der Waals surface area contributed by atoms with Gasteiger partial charge in [-0.3, -0.25) is 0 Å². The molecule has 2 aromatic heterocycles. The summed E-state index contributed by atoms with van der Waals surface area (Å²) in [5.41, 5.74) is 9.19. The molecule has 3 nitrogen and oxygen atoms in total. The molecule has 1 aromatic carbocycles. The van der Waals surface area contributed by atoms with E-state index in [9.17, 15) is 0 Å². The highest BCUT2D eigenvalue weighted by Gasteiger charge is 2.65. The van der Waals surface area contributed by atoms with E-state index in [0.717, 1.165) is 5.58 Å². The summed E-state index contributed by atoms with van der Waals surface area (Å²) in [6, 6.07) is 9.19. The number of para-hydroxylation sites is 1. The molecule has 0 N–H and O–H groups in total. The summed E-state index contributed by atoms with van der Waals surface area (Å²) in [5, 5.41) is 0. The van der Waals surface area contributed by atoms with Crippen LogP contribution in [0.5, 0.6) is 0 Å². The maximum Gasteiger partial charge on any atom is 0.157 e. The molecule has 0 amide bonds. The van der Waals surface area contributed by atoms with Gasteiger partial charge in [-0.15, -0.1) is 0 Å². The molecule has 0 saturated heterocycles. The van der Waals surface area contributed by atoms with Gasteiger partial charge in [0.1, 0.15) is 0 Å². The second-order valence-corrected chi connectivity index (χ2v) is 9.80. The predicted molar refractivity (Wildman–Crippen MR) is 111 cm³/mol. The fraction of sp³-hybridized carbons (Fsp3) is 0.500. The van der Waals surface area contributed by atoms with Crippen molar-refractivity contribution in [3.63, 3.8) is 0 Å². The summed E-state index contributed by atoms with van der Waals surface area (Å²) in [7, 11) is 2.20. The molecule has 0 fully saturated rings. The van der Waals surface area contributed by atoms with Crippen molar-refractivity contribution in [2.75, 3.05) is 4.90 Å². The minimum atomic E-state index is -0.124. The summed E-state index contributed by atoms with van der Waals surface area (Å²) in [5.74, 6) is 0. The lowest BCUT2D eigenvalue weighted by molar-refractivity contribution is 0.0608. The summed E-state index contributed by atoms with van der Waals surface area (Å²) < 4.78 is 8.37. The van der Waals surface area contributed by atoms with E-state index in [-0.39, 0.29) is 22.4 Å². The molecule has 0 radical (unpaired) electrons. The van der Waals surface area contributed by atoms with Crippen molar-refractivity contribution in [3.05, 3.63) is 52.9 Å². The normalized spacial score (nSPS) is 27.6. The molecule has 3 aromatic rings. The highest BCUT2D eigenvalue weighted by atomic mass is 16.3. The number of hydrogen-bond donors (Lipinski definition) is 0. The fourth-order valence-corrected chi connectivity index (χ4v) is 6.23. The number of anilines is 1. The summed E-state index contributed by atoms with van der Waals surface area (Å²) >= 11 is 0. The van der Waals surface area contributed by atoms with E-state index >= 15 is 0 Å². The Balaban J connectivity index is 1.97. The molecule has 2 aliphatic rings. The minimum Gasteiger partial charge on any atom is -0.462 e. The van der Waals surface area contributed by atoms with Crippen molar-refractivity contribution in [2.45, 2.75) is 65.5 Å². The van der Waals surface area contributed by atoms with Gasteiger partial charge in [-0.1, -0.05) is 45.9 Å². The molecule has 0 spiro atoms. The Kier molecular flexibility index (Phi) is 2.91. The molecule has 5 rings (SSSR count). The van der Waals surface area contributed by atoms with Crippen LogP contribution in [0.1, 0.15) is 70.0 Å². The van der Waals surface area contributed by atoms with Crippen LogP contribution >= 0.6 is 0 Å². The summed E-state index contributed by atoms with van der Waals surface area (Å²) in [4.78, 5) is 2.69. The van der Waals surface area contributed by atoms with E-state index in [0.29, 0.717) is 0 Å². The van der Waals surface area contributed by atoms with Crippen LogP contribution < -0.4 is 4.90 Å². The number of aryl methyl sites for hydroxylation is 2. The third-order valence-electron chi connectivity index (χ3n) is 8.52. The first-order chi connectivity index (χ1) is 12.6. The van der Waals surface area contributed by atoms with Crippen LogP contribution in [-0.2, 0) is 18.0 Å². The largest absolute Gasteiger partial charge is 0.462 e. The standard InChI is InChI=1S/C24H30N2O/c1-14-10-9-11-16-19(14)26-15(2)18-20-17(12-13-27-20)25(8)21(18)24(26,7)23(5,6)22(16,3)4/h9-13,15H,1-8H3. The van der Waals surface area contributed by atoms with Crippen LogP contribution in [0.25, 0.3) is 11.1 Å². The molecule has 2 aliphatic heterocycles. The van der Waals surface area contributed by atoms with Crippen molar-refractivity contribution in [2.24, 2.45) is 12.5 Å². The lowest BCUT2D eigenvalue weighted by Crippen LogP contribution is -2.62. The van der Waals surface area contributed by atoms with E-state index in [1.807, 2.05) is 6.26 Å². The topological polar surface area (TPSA) is 21.3 Å². The molecule has 0 aliphatic carbocycles. The van der Waals surface area contributed by atoms with Crippen LogP contribution in [0.2, 0.25) is 0 Å². The molecule has 2 atom stereocenters. The zero-order valence-corrected chi connectivity index (χ0v) is 17.8. The highest BCUT2D eigenvalue weighted by molar-refractivity contribution is 5.86. The van der Waals surface area contributed by atoms with Gasteiger partial charge < -0.3 is 13.9 Å². The third-order valence-corrected chi connectivity index (χ3v) is 8.52. The monoisotopic (exact) mass is 362 g/mol. The lowest BCUT2D eigenvalue weighted by Gasteiger charge is -2.62. The van der Waals surface area contributed by atoms with Crippen molar-refractivity contribution in [1.29, 1.82) is 0 Å². The number of rotatable bonds is 0. The van der Waals surface area contributed by atoms with Crippen molar-refractivity contribution >= 4 is 16.8 Å². The minimum absolute atomic E-state index is 0.0177.